The number of hydrogen-bond donors (Lipinski definition) is 1. The number of hydrogen-bond acceptors (Lipinski definition) is 4. The van der Waals surface area contributed by atoms with Gasteiger partial charge in [-0.05, 0) is 40.3 Å². The highest BCUT2D eigenvalue weighted by Crippen LogP contribution is 2.13. The minimum Gasteiger partial charge on any atom is -0.366 e. The van der Waals surface area contributed by atoms with Crippen LogP contribution in [-0.2, 0) is 6.54 Å². The fourth-order valence-corrected chi connectivity index (χ4v) is 2.14. The minimum atomic E-state index is 0.765. The molecule has 0 atom stereocenters. The Hall–Kier alpha value is -1.37. The van der Waals surface area contributed by atoms with Gasteiger partial charge in [0.1, 0.15) is 18.0 Å². The molecule has 0 unspecified atom stereocenters. The fourth-order valence-electron chi connectivity index (χ4n) is 1.53. The maximum atomic E-state index is 4.21. The van der Waals surface area contributed by atoms with Crippen LogP contribution >= 0.6 is 22.6 Å². The van der Waals surface area contributed by atoms with Crippen LogP contribution in [0.2, 0.25) is 0 Å². The van der Waals surface area contributed by atoms with E-state index >= 15 is 0 Å². The third-order valence-corrected chi connectivity index (χ3v) is 3.14. The van der Waals surface area contributed by atoms with Gasteiger partial charge < -0.3 is 10.2 Å². The molecule has 0 saturated heterocycles. The zero-order valence-electron chi connectivity index (χ0n) is 10.4. The van der Waals surface area contributed by atoms with Gasteiger partial charge in [0.2, 0.25) is 0 Å². The Bertz CT molecular complexity index is 528. The maximum absolute atomic E-state index is 4.21. The van der Waals surface area contributed by atoms with Crippen LogP contribution in [0, 0.1) is 3.57 Å². The van der Waals surface area contributed by atoms with Gasteiger partial charge in [-0.15, -0.1) is 0 Å². The summed E-state index contributed by atoms with van der Waals surface area (Å²) < 4.78 is 1.24. The molecule has 1 aromatic heterocycles. The van der Waals surface area contributed by atoms with E-state index in [2.05, 4.69) is 62.1 Å². The zero-order chi connectivity index (χ0) is 13.0. The predicted octanol–water partition coefficient (Wildman–Crippen LogP) is 2.76. The number of nitrogens with one attached hydrogen (secondary N) is 1. The monoisotopic (exact) mass is 354 g/mol. The van der Waals surface area contributed by atoms with E-state index in [4.69, 9.17) is 0 Å². The quantitative estimate of drug-likeness (QED) is 0.858. The first-order chi connectivity index (χ1) is 8.65. The molecule has 2 aromatic rings. The average molecular weight is 354 g/mol. The summed E-state index contributed by atoms with van der Waals surface area (Å²) in [5, 5.41) is 3.30. The summed E-state index contributed by atoms with van der Waals surface area (Å²) in [4.78, 5) is 10.3. The lowest BCUT2D eigenvalue weighted by atomic mass is 10.2. The molecule has 0 amide bonds. The molecule has 5 heteroatoms. The lowest BCUT2D eigenvalue weighted by molar-refractivity contribution is 1.02. The van der Waals surface area contributed by atoms with E-state index in [1.807, 2.05) is 25.1 Å². The SMILES string of the molecule is CN(C)c1cc(NCc2cccc(I)c2)ncn1. The molecule has 0 aliphatic heterocycles. The smallest absolute Gasteiger partial charge is 0.133 e. The summed E-state index contributed by atoms with van der Waals surface area (Å²) in [5.74, 6) is 1.74. The van der Waals surface area contributed by atoms with Gasteiger partial charge in [-0.2, -0.15) is 0 Å². The van der Waals surface area contributed by atoms with E-state index in [-0.39, 0.29) is 0 Å². The van der Waals surface area contributed by atoms with Crippen LogP contribution < -0.4 is 10.2 Å². The first-order valence-electron chi connectivity index (χ1n) is 5.63. The molecule has 0 aliphatic rings. The Kier molecular flexibility index (Phi) is 4.35. The summed E-state index contributed by atoms with van der Waals surface area (Å²) in [6.45, 7) is 0.765. The lowest BCUT2D eigenvalue weighted by Gasteiger charge is -2.12. The van der Waals surface area contributed by atoms with E-state index < -0.39 is 0 Å². The van der Waals surface area contributed by atoms with Gasteiger partial charge in [-0.3, -0.25) is 0 Å². The topological polar surface area (TPSA) is 41.0 Å². The van der Waals surface area contributed by atoms with Crippen molar-refractivity contribution >= 4 is 34.2 Å². The van der Waals surface area contributed by atoms with Gasteiger partial charge in [0.25, 0.3) is 0 Å². The average Bonchev–Trinajstić information content (AvgIpc) is 2.37. The Labute approximate surface area is 121 Å². The normalized spacial score (nSPS) is 10.2. The van der Waals surface area contributed by atoms with Crippen molar-refractivity contribution in [1.82, 2.24) is 9.97 Å². The van der Waals surface area contributed by atoms with Crippen LogP contribution in [0.4, 0.5) is 11.6 Å². The second-order valence-corrected chi connectivity index (χ2v) is 5.38. The molecule has 2 rings (SSSR count). The first-order valence-corrected chi connectivity index (χ1v) is 6.71. The van der Waals surface area contributed by atoms with Gasteiger partial charge in [0.05, 0.1) is 0 Å². The lowest BCUT2D eigenvalue weighted by Crippen LogP contribution is -2.11. The van der Waals surface area contributed by atoms with E-state index in [1.165, 1.54) is 9.13 Å². The van der Waals surface area contributed by atoms with E-state index in [9.17, 15) is 0 Å². The van der Waals surface area contributed by atoms with Gasteiger partial charge in [0, 0.05) is 30.3 Å². The van der Waals surface area contributed by atoms with Gasteiger partial charge in [-0.25, -0.2) is 9.97 Å². The predicted molar refractivity (Wildman–Crippen MR) is 82.8 cm³/mol. The highest BCUT2D eigenvalue weighted by atomic mass is 127. The number of rotatable bonds is 4. The van der Waals surface area contributed by atoms with E-state index in [0.29, 0.717) is 0 Å². The molecular weight excluding hydrogens is 339 g/mol. The van der Waals surface area contributed by atoms with Gasteiger partial charge >= 0.3 is 0 Å². The van der Waals surface area contributed by atoms with Crippen molar-refractivity contribution in [2.45, 2.75) is 6.54 Å². The molecule has 1 heterocycles. The molecular formula is C13H15IN4. The molecule has 1 N–H and O–H groups in total. The Morgan fingerprint density at radius 3 is 2.78 bits per heavy atom. The molecule has 0 radical (unpaired) electrons. The van der Waals surface area contributed by atoms with Crippen molar-refractivity contribution in [2.75, 3.05) is 24.3 Å². The number of aromatic nitrogens is 2. The number of nitrogens with zero attached hydrogens (tertiary/aromatic N) is 3. The summed E-state index contributed by atoms with van der Waals surface area (Å²) in [6.07, 6.45) is 1.58. The van der Waals surface area contributed by atoms with Gasteiger partial charge in [-0.1, -0.05) is 12.1 Å². The van der Waals surface area contributed by atoms with E-state index in [0.717, 1.165) is 18.2 Å². The standard InChI is InChI=1S/C13H15IN4/c1-18(2)13-7-12(16-9-17-13)15-8-10-4-3-5-11(14)6-10/h3-7,9H,8H2,1-2H3,(H,15,16,17). The second kappa shape index (κ2) is 5.99. The summed E-state index contributed by atoms with van der Waals surface area (Å²) in [6, 6.07) is 10.3. The molecule has 94 valence electrons. The molecule has 0 spiro atoms. The zero-order valence-corrected chi connectivity index (χ0v) is 12.5. The number of benzene rings is 1. The Morgan fingerprint density at radius 2 is 2.06 bits per heavy atom. The molecule has 0 aliphatic carbocycles. The van der Waals surface area contributed by atoms with Crippen molar-refractivity contribution in [1.29, 1.82) is 0 Å². The molecule has 18 heavy (non-hydrogen) atoms. The van der Waals surface area contributed by atoms with Crippen LogP contribution in [0.3, 0.4) is 0 Å². The summed E-state index contributed by atoms with van der Waals surface area (Å²) >= 11 is 2.31. The number of anilines is 2. The minimum absolute atomic E-state index is 0.765. The largest absolute Gasteiger partial charge is 0.366 e. The third-order valence-electron chi connectivity index (χ3n) is 2.47. The Balaban J connectivity index is 2.04. The van der Waals surface area contributed by atoms with Crippen LogP contribution in [0.15, 0.2) is 36.7 Å². The van der Waals surface area contributed by atoms with E-state index in [1.54, 1.807) is 6.33 Å². The van der Waals surface area contributed by atoms with Crippen molar-refractivity contribution in [3.63, 3.8) is 0 Å². The maximum Gasteiger partial charge on any atom is 0.133 e. The fraction of sp³-hybridized carbons (Fsp3) is 0.231. The number of halogens is 1. The molecule has 1 aromatic carbocycles. The van der Waals surface area contributed by atoms with Crippen LogP contribution in [0.25, 0.3) is 0 Å². The highest BCUT2D eigenvalue weighted by Gasteiger charge is 2.00. The molecule has 0 bridgehead atoms. The van der Waals surface area contributed by atoms with Gasteiger partial charge in [0.15, 0.2) is 0 Å². The summed E-state index contributed by atoms with van der Waals surface area (Å²) in [7, 11) is 3.93. The van der Waals surface area contributed by atoms with Crippen LogP contribution in [0.1, 0.15) is 5.56 Å². The second-order valence-electron chi connectivity index (χ2n) is 4.14. The highest BCUT2D eigenvalue weighted by molar-refractivity contribution is 14.1. The van der Waals surface area contributed by atoms with Crippen molar-refractivity contribution in [2.24, 2.45) is 0 Å². The van der Waals surface area contributed by atoms with Crippen molar-refractivity contribution in [3.05, 3.63) is 45.8 Å². The van der Waals surface area contributed by atoms with Crippen LogP contribution in [0.5, 0.6) is 0 Å². The van der Waals surface area contributed by atoms with Crippen LogP contribution in [-0.4, -0.2) is 24.1 Å². The Morgan fingerprint density at radius 1 is 1.22 bits per heavy atom. The van der Waals surface area contributed by atoms with Crippen molar-refractivity contribution in [3.8, 4) is 0 Å². The molecule has 0 saturated carbocycles. The third kappa shape index (κ3) is 3.56. The summed E-state index contributed by atoms with van der Waals surface area (Å²) in [5.41, 5.74) is 1.24. The molecule has 4 nitrogen and oxygen atoms in total. The van der Waals surface area contributed by atoms with Crippen molar-refractivity contribution < 1.29 is 0 Å². The first kappa shape index (κ1) is 13.1. The molecule has 0 fully saturated rings.